The normalized spacial score (nSPS) is 21.0. The number of hydrogen-bond acceptors (Lipinski definition) is 7. The molecule has 0 radical (unpaired) electrons. The predicted molar refractivity (Wildman–Crippen MR) is 185 cm³/mol. The minimum Gasteiger partial charge on any atom is -0.497 e. The van der Waals surface area contributed by atoms with Gasteiger partial charge in [-0.3, -0.25) is 14.3 Å². The fourth-order valence-corrected chi connectivity index (χ4v) is 9.84. The molecule has 3 N–H and O–H groups in total. The molecule has 1 saturated heterocycles. The molecule has 0 spiro atoms. The lowest BCUT2D eigenvalue weighted by molar-refractivity contribution is -0.110. The summed E-state index contributed by atoms with van der Waals surface area (Å²) in [6, 6.07) is 24.8. The van der Waals surface area contributed by atoms with Gasteiger partial charge >= 0.3 is 5.69 Å². The van der Waals surface area contributed by atoms with Crippen molar-refractivity contribution in [1.29, 1.82) is 0 Å². The summed E-state index contributed by atoms with van der Waals surface area (Å²) < 4.78 is 19.1. The number of aromatic amines is 1. The number of aromatic nitrogens is 2. The molecule has 2 heterocycles. The zero-order chi connectivity index (χ0) is 34.4. The van der Waals surface area contributed by atoms with E-state index in [9.17, 15) is 19.8 Å². The molecule has 9 nitrogen and oxygen atoms in total. The van der Waals surface area contributed by atoms with E-state index in [4.69, 9.17) is 14.2 Å². The van der Waals surface area contributed by atoms with Gasteiger partial charge in [-0.1, -0.05) is 88.5 Å². The lowest BCUT2D eigenvalue weighted by Crippen LogP contribution is -2.68. The molecule has 250 valence electrons. The minimum atomic E-state index is -2.81. The van der Waals surface area contributed by atoms with Gasteiger partial charge in [-0.2, -0.15) is 0 Å². The van der Waals surface area contributed by atoms with E-state index >= 15 is 0 Å². The second-order valence-corrected chi connectivity index (χ2v) is 19.7. The summed E-state index contributed by atoms with van der Waals surface area (Å²) >= 11 is 0. The molecule has 1 fully saturated rings. The first kappa shape index (κ1) is 34.4. The maximum Gasteiger partial charge on any atom is 0.330 e. The van der Waals surface area contributed by atoms with Gasteiger partial charge < -0.3 is 24.4 Å². The third-order valence-corrected chi connectivity index (χ3v) is 17.1. The Morgan fingerprint density at radius 2 is 1.38 bits per heavy atom. The Balaban J connectivity index is 1.82. The molecule has 0 aliphatic carbocycles. The zero-order valence-corrected chi connectivity index (χ0v) is 29.4. The molecule has 10 heteroatoms. The van der Waals surface area contributed by atoms with E-state index < -0.39 is 48.4 Å². The van der Waals surface area contributed by atoms with Crippen molar-refractivity contribution in [3.63, 3.8) is 0 Å². The van der Waals surface area contributed by atoms with Crippen molar-refractivity contribution < 1.29 is 24.4 Å². The van der Waals surface area contributed by atoms with E-state index in [1.54, 1.807) is 21.1 Å². The number of hydrogen-bond donors (Lipinski definition) is 3. The molecule has 4 aromatic rings. The van der Waals surface area contributed by atoms with Crippen LogP contribution in [0.15, 0.2) is 94.6 Å². The molecular weight excluding hydrogens is 612 g/mol. The van der Waals surface area contributed by atoms with Crippen LogP contribution in [-0.2, 0) is 10.2 Å². The second-order valence-electron chi connectivity index (χ2n) is 14.1. The Bertz CT molecular complexity index is 1760. The van der Waals surface area contributed by atoms with Gasteiger partial charge in [0.1, 0.15) is 29.9 Å². The molecule has 4 atom stereocenters. The van der Waals surface area contributed by atoms with E-state index in [0.29, 0.717) is 17.1 Å². The van der Waals surface area contributed by atoms with Gasteiger partial charge in [-0.15, -0.1) is 0 Å². The molecule has 47 heavy (non-hydrogen) atoms. The van der Waals surface area contributed by atoms with Gasteiger partial charge in [0, 0.05) is 18.2 Å². The highest BCUT2D eigenvalue weighted by atomic mass is 28.3. The number of nitrogens with one attached hydrogen (secondary N) is 1. The summed E-state index contributed by atoms with van der Waals surface area (Å²) in [6.07, 6.45) is -1.96. The molecular formula is C37H46N2O7Si. The summed E-state index contributed by atoms with van der Waals surface area (Å²) in [5.74, 6) is 1.31. The van der Waals surface area contributed by atoms with Gasteiger partial charge in [-0.25, -0.2) is 4.79 Å². The summed E-state index contributed by atoms with van der Waals surface area (Å²) in [5.41, 5.74) is 0.239. The van der Waals surface area contributed by atoms with E-state index in [0.717, 1.165) is 16.7 Å². The molecule has 1 unspecified atom stereocenters. The van der Waals surface area contributed by atoms with Crippen molar-refractivity contribution in [1.82, 2.24) is 9.55 Å². The van der Waals surface area contributed by atoms with Gasteiger partial charge in [0.2, 0.25) is 0 Å². The van der Waals surface area contributed by atoms with E-state index in [-0.39, 0.29) is 11.5 Å². The maximum absolute atomic E-state index is 13.2. The minimum absolute atomic E-state index is 0.0483. The van der Waals surface area contributed by atoms with Crippen LogP contribution in [0.3, 0.4) is 0 Å². The largest absolute Gasteiger partial charge is 0.497 e. The van der Waals surface area contributed by atoms with Crippen LogP contribution >= 0.6 is 0 Å². The fourth-order valence-electron chi connectivity index (χ4n) is 6.92. The first-order valence-electron chi connectivity index (χ1n) is 15.8. The molecule has 0 bridgehead atoms. The van der Waals surface area contributed by atoms with Crippen molar-refractivity contribution in [2.75, 3.05) is 14.2 Å². The van der Waals surface area contributed by atoms with Crippen molar-refractivity contribution in [2.24, 2.45) is 0 Å². The standard InChI is InChI=1S/C37H46N2O7Si/c1-24-23-39(34(42)38-33(24)41)30-22-36(43,47(7,8)35(2,3)4)32(46-30)31(40)37(25-12-10-9-11-13-25,26-14-18-28(44-5)19-15-26)27-16-20-29(45-6)21-17-27/h9-21,23,30-32,40,43H,22H2,1-8H3,(H,38,41,42)/t30-,31?,32-,36-/m1/s1. The third kappa shape index (κ3) is 5.67. The molecule has 0 saturated carbocycles. The van der Waals surface area contributed by atoms with Crippen molar-refractivity contribution in [2.45, 2.75) is 81.3 Å². The van der Waals surface area contributed by atoms with E-state index in [1.165, 1.54) is 10.8 Å². The van der Waals surface area contributed by atoms with Crippen LogP contribution in [0.25, 0.3) is 0 Å². The molecule has 1 aromatic heterocycles. The van der Waals surface area contributed by atoms with Crippen LogP contribution in [0.1, 0.15) is 55.7 Å². The van der Waals surface area contributed by atoms with Crippen LogP contribution in [0.5, 0.6) is 11.5 Å². The number of ether oxygens (including phenoxy) is 3. The van der Waals surface area contributed by atoms with Crippen LogP contribution in [0.4, 0.5) is 0 Å². The van der Waals surface area contributed by atoms with Crippen molar-refractivity contribution in [3.8, 4) is 11.5 Å². The SMILES string of the molecule is COc1ccc(C(c2ccccc2)(c2ccc(OC)cc2)C(O)[C@H]2O[C@@H](n3cc(C)c(=O)[nH]c3=O)C[C@@]2(O)[Si](C)(C)C(C)(C)C)cc1. The van der Waals surface area contributed by atoms with Gasteiger partial charge in [0.15, 0.2) is 0 Å². The van der Waals surface area contributed by atoms with Gasteiger partial charge in [-0.05, 0) is 52.9 Å². The zero-order valence-electron chi connectivity index (χ0n) is 28.4. The number of H-pyrrole nitrogens is 1. The Morgan fingerprint density at radius 1 is 0.894 bits per heavy atom. The Labute approximate surface area is 276 Å². The third-order valence-electron chi connectivity index (χ3n) is 10.7. The Morgan fingerprint density at radius 3 is 1.85 bits per heavy atom. The van der Waals surface area contributed by atoms with Gasteiger partial charge in [0.25, 0.3) is 5.56 Å². The average Bonchev–Trinajstić information content (AvgIpc) is 3.42. The number of nitrogens with zero attached hydrogens (tertiary/aromatic N) is 1. The summed E-state index contributed by atoms with van der Waals surface area (Å²) in [5, 5.41) is 24.5. The molecule has 1 aliphatic rings. The average molecular weight is 659 g/mol. The number of aryl methyl sites for hydroxylation is 1. The van der Waals surface area contributed by atoms with Crippen molar-refractivity contribution >= 4 is 8.07 Å². The second kappa shape index (κ2) is 12.6. The Kier molecular flexibility index (Phi) is 9.20. The highest BCUT2D eigenvalue weighted by Crippen LogP contribution is 2.55. The fraction of sp³-hybridized carbons (Fsp3) is 0.405. The van der Waals surface area contributed by atoms with Gasteiger partial charge in [0.05, 0.1) is 32.9 Å². The number of aliphatic hydroxyl groups excluding tert-OH is 1. The van der Waals surface area contributed by atoms with Crippen molar-refractivity contribution in [3.05, 3.63) is 128 Å². The molecule has 3 aromatic carbocycles. The molecule has 5 rings (SSSR count). The monoisotopic (exact) mass is 658 g/mol. The Hall–Kier alpha value is -3.96. The number of benzene rings is 3. The topological polar surface area (TPSA) is 123 Å². The van der Waals surface area contributed by atoms with Crippen LogP contribution in [0.2, 0.25) is 18.1 Å². The van der Waals surface area contributed by atoms with Crippen LogP contribution in [-0.4, -0.2) is 59.5 Å². The summed E-state index contributed by atoms with van der Waals surface area (Å²) in [7, 11) is 0.396. The molecule has 0 amide bonds. The highest BCUT2D eigenvalue weighted by Gasteiger charge is 2.66. The number of aliphatic hydroxyl groups is 2. The quantitative estimate of drug-likeness (QED) is 0.164. The smallest absolute Gasteiger partial charge is 0.330 e. The first-order valence-corrected chi connectivity index (χ1v) is 18.8. The molecule has 1 aliphatic heterocycles. The van der Waals surface area contributed by atoms with Crippen LogP contribution < -0.4 is 20.7 Å². The summed E-state index contributed by atoms with van der Waals surface area (Å²) in [4.78, 5) is 27.8. The maximum atomic E-state index is 13.2. The first-order chi connectivity index (χ1) is 22.1. The number of rotatable bonds is 9. The predicted octanol–water partition coefficient (Wildman–Crippen LogP) is 5.32. The van der Waals surface area contributed by atoms with Crippen LogP contribution in [0, 0.1) is 6.92 Å². The van der Waals surface area contributed by atoms with E-state index in [1.807, 2.05) is 78.9 Å². The van der Waals surface area contributed by atoms with E-state index in [2.05, 4.69) is 38.8 Å². The summed E-state index contributed by atoms with van der Waals surface area (Å²) in [6.45, 7) is 12.1. The lowest BCUT2D eigenvalue weighted by Gasteiger charge is -2.52. The highest BCUT2D eigenvalue weighted by molar-refractivity contribution is 6.83. The number of methoxy groups -OCH3 is 2. The lowest BCUT2D eigenvalue weighted by atomic mass is 9.64.